The molecule has 7 nitrogen and oxygen atoms in total. The molecular weight excluding hydrogens is 360 g/mol. The lowest BCUT2D eigenvalue weighted by molar-refractivity contribution is -0.127. The van der Waals surface area contributed by atoms with Crippen molar-refractivity contribution in [2.45, 2.75) is 44.8 Å². The van der Waals surface area contributed by atoms with Crippen molar-refractivity contribution >= 4 is 23.2 Å². The van der Waals surface area contributed by atoms with Gasteiger partial charge in [-0.05, 0) is 30.4 Å². The van der Waals surface area contributed by atoms with Crippen molar-refractivity contribution in [3.05, 3.63) is 40.3 Å². The first-order chi connectivity index (χ1) is 13.1. The summed E-state index contributed by atoms with van der Waals surface area (Å²) in [5.41, 5.74) is 0.943. The lowest BCUT2D eigenvalue weighted by Crippen LogP contribution is -2.42. The number of likely N-dealkylation sites (N-methyl/N-ethyl adjacent to an activating group) is 1. The van der Waals surface area contributed by atoms with E-state index in [1.165, 1.54) is 30.6 Å². The summed E-state index contributed by atoms with van der Waals surface area (Å²) in [7, 11) is 3.49. The summed E-state index contributed by atoms with van der Waals surface area (Å²) < 4.78 is 2.08. The van der Waals surface area contributed by atoms with Crippen molar-refractivity contribution in [1.82, 2.24) is 25.3 Å². The minimum atomic E-state index is 0.00568. The van der Waals surface area contributed by atoms with E-state index >= 15 is 0 Å². The fourth-order valence-corrected chi connectivity index (χ4v) is 3.71. The second-order valence-electron chi connectivity index (χ2n) is 6.96. The first-order valence-corrected chi connectivity index (χ1v) is 10.3. The number of hydrogen-bond donors (Lipinski definition) is 2. The molecule has 146 valence electrons. The van der Waals surface area contributed by atoms with Crippen LogP contribution in [-0.4, -0.2) is 47.2 Å². The number of aliphatic imine (C=N–C) groups is 1. The predicted octanol–water partition coefficient (Wildman–Crippen LogP) is 2.38. The van der Waals surface area contributed by atoms with Gasteiger partial charge in [0.1, 0.15) is 0 Å². The lowest BCUT2D eigenvalue weighted by atomic mass is 10.3. The molecule has 1 saturated carbocycles. The summed E-state index contributed by atoms with van der Waals surface area (Å²) in [6.45, 7) is 1.37. The van der Waals surface area contributed by atoms with Gasteiger partial charge in [-0.25, -0.2) is 4.99 Å². The van der Waals surface area contributed by atoms with E-state index in [0.29, 0.717) is 25.1 Å². The van der Waals surface area contributed by atoms with Crippen LogP contribution in [0.4, 0.5) is 0 Å². The first kappa shape index (κ1) is 19.4. The van der Waals surface area contributed by atoms with Crippen molar-refractivity contribution < 1.29 is 4.79 Å². The summed E-state index contributed by atoms with van der Waals surface area (Å²) >= 11 is 1.69. The van der Waals surface area contributed by atoms with Gasteiger partial charge in [0.05, 0.1) is 31.4 Å². The molecule has 0 radical (unpaired) electrons. The van der Waals surface area contributed by atoms with Gasteiger partial charge < -0.3 is 15.5 Å². The normalized spacial score (nSPS) is 15.1. The third-order valence-electron chi connectivity index (χ3n) is 4.68. The van der Waals surface area contributed by atoms with Crippen LogP contribution in [0.1, 0.15) is 42.3 Å². The Morgan fingerprint density at radius 3 is 2.85 bits per heavy atom. The van der Waals surface area contributed by atoms with E-state index in [9.17, 15) is 4.79 Å². The Kier molecular flexibility index (Phi) is 6.86. The van der Waals surface area contributed by atoms with Crippen LogP contribution in [0.3, 0.4) is 0 Å². The molecule has 2 aromatic rings. The number of hydrogen-bond acceptors (Lipinski definition) is 4. The molecular formula is C19H28N6OS. The van der Waals surface area contributed by atoms with Crippen LogP contribution in [-0.2, 0) is 17.9 Å². The standard InChI is InChI=1S/C19H28N6OS/c1-24(2)18(26)14-22-19(21-13-17-8-5-11-27-17)20-12-15-9-10-25(23-15)16-6-3-4-7-16/h5,8-11,16H,3-4,6-7,12-14H2,1-2H3,(H2,20,21,22). The van der Waals surface area contributed by atoms with Gasteiger partial charge in [0.25, 0.3) is 0 Å². The molecule has 1 aliphatic rings. The van der Waals surface area contributed by atoms with Crippen LogP contribution in [0.5, 0.6) is 0 Å². The number of nitrogens with zero attached hydrogens (tertiary/aromatic N) is 4. The molecule has 0 spiro atoms. The molecule has 0 aliphatic heterocycles. The van der Waals surface area contributed by atoms with Crippen LogP contribution in [0.2, 0.25) is 0 Å². The number of nitrogens with one attached hydrogen (secondary N) is 2. The van der Waals surface area contributed by atoms with Crippen LogP contribution in [0, 0.1) is 0 Å². The van der Waals surface area contributed by atoms with Gasteiger partial charge in [-0.1, -0.05) is 18.9 Å². The SMILES string of the molecule is CN(C)C(=O)CNC(=NCc1ccn(C2CCCC2)n1)NCc1cccs1. The summed E-state index contributed by atoms with van der Waals surface area (Å²) in [6.07, 6.45) is 7.07. The molecule has 3 rings (SSSR count). The zero-order valence-electron chi connectivity index (χ0n) is 16.0. The fraction of sp³-hybridized carbons (Fsp3) is 0.526. The van der Waals surface area contributed by atoms with E-state index in [1.807, 2.05) is 17.5 Å². The van der Waals surface area contributed by atoms with E-state index in [4.69, 9.17) is 0 Å². The Hall–Kier alpha value is -2.35. The smallest absolute Gasteiger partial charge is 0.241 e. The summed E-state index contributed by atoms with van der Waals surface area (Å²) in [6, 6.07) is 6.67. The predicted molar refractivity (Wildman–Crippen MR) is 109 cm³/mol. The van der Waals surface area contributed by atoms with Crippen molar-refractivity contribution in [2.75, 3.05) is 20.6 Å². The van der Waals surface area contributed by atoms with Gasteiger partial charge >= 0.3 is 0 Å². The van der Waals surface area contributed by atoms with Gasteiger partial charge in [-0.2, -0.15) is 5.10 Å². The highest BCUT2D eigenvalue weighted by molar-refractivity contribution is 7.09. The van der Waals surface area contributed by atoms with E-state index in [-0.39, 0.29) is 12.5 Å². The fourth-order valence-electron chi connectivity index (χ4n) is 3.07. The Labute approximate surface area is 164 Å². The number of aromatic nitrogens is 2. The largest absolute Gasteiger partial charge is 0.351 e. The number of rotatable bonds is 7. The molecule has 0 bridgehead atoms. The topological polar surface area (TPSA) is 74.5 Å². The Balaban J connectivity index is 1.60. The minimum absolute atomic E-state index is 0.00568. The van der Waals surface area contributed by atoms with E-state index < -0.39 is 0 Å². The molecule has 0 aromatic carbocycles. The van der Waals surface area contributed by atoms with Crippen molar-refractivity contribution in [2.24, 2.45) is 4.99 Å². The zero-order valence-corrected chi connectivity index (χ0v) is 16.8. The number of guanidine groups is 1. The average Bonchev–Trinajstić information content (AvgIpc) is 3.41. The van der Waals surface area contributed by atoms with Crippen molar-refractivity contribution in [3.8, 4) is 0 Å². The molecule has 2 N–H and O–H groups in total. The molecule has 0 atom stereocenters. The van der Waals surface area contributed by atoms with Gasteiger partial charge in [0, 0.05) is 25.2 Å². The first-order valence-electron chi connectivity index (χ1n) is 9.40. The monoisotopic (exact) mass is 388 g/mol. The molecule has 1 amide bonds. The zero-order chi connectivity index (χ0) is 19.1. The van der Waals surface area contributed by atoms with Gasteiger partial charge in [0.2, 0.25) is 5.91 Å². The molecule has 27 heavy (non-hydrogen) atoms. The number of thiophene rings is 1. The molecule has 0 unspecified atom stereocenters. The number of amides is 1. The van der Waals surface area contributed by atoms with Crippen LogP contribution in [0.15, 0.2) is 34.8 Å². The van der Waals surface area contributed by atoms with E-state index in [2.05, 4.69) is 37.7 Å². The molecule has 2 aromatic heterocycles. The maximum Gasteiger partial charge on any atom is 0.241 e. The van der Waals surface area contributed by atoms with Crippen LogP contribution < -0.4 is 10.6 Å². The van der Waals surface area contributed by atoms with Gasteiger partial charge in [-0.15, -0.1) is 11.3 Å². The van der Waals surface area contributed by atoms with Crippen LogP contribution >= 0.6 is 11.3 Å². The summed E-state index contributed by atoms with van der Waals surface area (Å²) in [4.78, 5) is 19.3. The van der Waals surface area contributed by atoms with Crippen molar-refractivity contribution in [3.63, 3.8) is 0 Å². The Morgan fingerprint density at radius 2 is 2.15 bits per heavy atom. The molecule has 8 heteroatoms. The summed E-state index contributed by atoms with van der Waals surface area (Å²) in [5.74, 6) is 0.625. The highest BCUT2D eigenvalue weighted by Gasteiger charge is 2.17. The number of carbonyl (C=O) groups is 1. The number of carbonyl (C=O) groups excluding carboxylic acids is 1. The minimum Gasteiger partial charge on any atom is -0.351 e. The molecule has 1 fully saturated rings. The van der Waals surface area contributed by atoms with Crippen LogP contribution in [0.25, 0.3) is 0 Å². The maximum atomic E-state index is 11.9. The molecule has 1 aliphatic carbocycles. The second-order valence-corrected chi connectivity index (χ2v) is 8.00. The average molecular weight is 389 g/mol. The third kappa shape index (κ3) is 5.82. The van der Waals surface area contributed by atoms with Crippen molar-refractivity contribution in [1.29, 1.82) is 0 Å². The lowest BCUT2D eigenvalue weighted by Gasteiger charge is -2.14. The van der Waals surface area contributed by atoms with Gasteiger partial charge in [0.15, 0.2) is 5.96 Å². The third-order valence-corrected chi connectivity index (χ3v) is 5.55. The maximum absolute atomic E-state index is 11.9. The molecule has 0 saturated heterocycles. The second kappa shape index (κ2) is 9.55. The highest BCUT2D eigenvalue weighted by Crippen LogP contribution is 2.28. The highest BCUT2D eigenvalue weighted by atomic mass is 32.1. The quantitative estimate of drug-likeness (QED) is 0.564. The Bertz CT molecular complexity index is 746. The van der Waals surface area contributed by atoms with E-state index in [1.54, 1.807) is 30.3 Å². The van der Waals surface area contributed by atoms with Gasteiger partial charge in [-0.3, -0.25) is 9.48 Å². The summed E-state index contributed by atoms with van der Waals surface area (Å²) in [5, 5.41) is 13.1. The Morgan fingerprint density at radius 1 is 1.33 bits per heavy atom. The van der Waals surface area contributed by atoms with E-state index in [0.717, 1.165) is 5.69 Å². The molecule has 2 heterocycles.